The molecule has 2 aromatic rings. The summed E-state index contributed by atoms with van der Waals surface area (Å²) in [5.41, 5.74) is 4.17. The predicted octanol–water partition coefficient (Wildman–Crippen LogP) is 3.11. The number of anilines is 2. The van der Waals surface area contributed by atoms with Gasteiger partial charge < -0.3 is 10.6 Å². The fourth-order valence-electron chi connectivity index (χ4n) is 3.44. The third-order valence-electron chi connectivity index (χ3n) is 4.86. The van der Waals surface area contributed by atoms with Crippen molar-refractivity contribution in [2.24, 2.45) is 5.92 Å². The number of thiazole rings is 1. The van der Waals surface area contributed by atoms with E-state index in [0.717, 1.165) is 53.2 Å². The van der Waals surface area contributed by atoms with E-state index in [1.807, 2.05) is 26.0 Å². The normalized spacial score (nSPS) is 16.7. The molecule has 2 heterocycles. The second kappa shape index (κ2) is 7.40. The van der Waals surface area contributed by atoms with Gasteiger partial charge in [-0.25, -0.2) is 4.98 Å². The number of carbonyl (C=O) groups excluding carboxylic acids is 2. The molecule has 2 aliphatic rings. The van der Waals surface area contributed by atoms with Gasteiger partial charge in [-0.2, -0.15) is 0 Å². The fourth-order valence-corrected chi connectivity index (χ4v) is 4.49. The van der Waals surface area contributed by atoms with E-state index in [4.69, 9.17) is 0 Å². The van der Waals surface area contributed by atoms with E-state index < -0.39 is 0 Å². The van der Waals surface area contributed by atoms with Crippen molar-refractivity contribution in [2.45, 2.75) is 39.7 Å². The Morgan fingerprint density at radius 1 is 1.19 bits per heavy atom. The number of amides is 2. The summed E-state index contributed by atoms with van der Waals surface area (Å²) in [6.45, 7) is 5.91. The van der Waals surface area contributed by atoms with Crippen LogP contribution in [0.1, 0.15) is 34.5 Å². The molecule has 2 N–H and O–H groups in total. The standard InChI is InChI=1S/C20H24N4O2S/c1-12-7-13(2)9-15(8-12)21-18(25)11-24-6-5-16-17(10-24)27-20(22-16)23-19(26)14-3-4-14/h7-9,14H,3-6,10-11H2,1-2H3,(H,21,25)(H,22,23,26). The maximum atomic E-state index is 12.4. The minimum atomic E-state index is -0.00442. The van der Waals surface area contributed by atoms with Gasteiger partial charge >= 0.3 is 0 Å². The van der Waals surface area contributed by atoms with Gasteiger partial charge in [-0.1, -0.05) is 6.07 Å². The first kappa shape index (κ1) is 18.1. The highest BCUT2D eigenvalue weighted by atomic mass is 32.1. The number of hydrogen-bond acceptors (Lipinski definition) is 5. The van der Waals surface area contributed by atoms with Crippen LogP contribution in [0.4, 0.5) is 10.8 Å². The van der Waals surface area contributed by atoms with Gasteiger partial charge in [0, 0.05) is 36.0 Å². The molecule has 1 saturated carbocycles. The minimum absolute atomic E-state index is 0.00442. The second-order valence-corrected chi connectivity index (χ2v) is 8.62. The summed E-state index contributed by atoms with van der Waals surface area (Å²) in [5.74, 6) is 0.261. The van der Waals surface area contributed by atoms with E-state index in [9.17, 15) is 9.59 Å². The van der Waals surface area contributed by atoms with Crippen LogP contribution >= 0.6 is 11.3 Å². The van der Waals surface area contributed by atoms with Crippen molar-refractivity contribution in [2.75, 3.05) is 23.7 Å². The number of aryl methyl sites for hydroxylation is 2. The third-order valence-corrected chi connectivity index (χ3v) is 5.86. The van der Waals surface area contributed by atoms with Crippen molar-refractivity contribution in [1.82, 2.24) is 9.88 Å². The number of benzene rings is 1. The third kappa shape index (κ3) is 4.54. The highest BCUT2D eigenvalue weighted by molar-refractivity contribution is 7.15. The van der Waals surface area contributed by atoms with Crippen LogP contribution in [0.3, 0.4) is 0 Å². The molecule has 0 bridgehead atoms. The zero-order valence-corrected chi connectivity index (χ0v) is 16.5. The van der Waals surface area contributed by atoms with Crippen LogP contribution in [-0.2, 0) is 22.6 Å². The molecule has 0 unspecified atom stereocenters. The molecular weight excluding hydrogens is 360 g/mol. The molecule has 7 heteroatoms. The molecule has 1 aliphatic carbocycles. The van der Waals surface area contributed by atoms with Crippen LogP contribution in [0.25, 0.3) is 0 Å². The second-order valence-electron chi connectivity index (χ2n) is 7.54. The molecule has 0 atom stereocenters. The number of nitrogens with one attached hydrogen (secondary N) is 2. The van der Waals surface area contributed by atoms with Crippen molar-refractivity contribution in [3.05, 3.63) is 39.9 Å². The molecule has 2 amide bonds. The Balaban J connectivity index is 1.34. The lowest BCUT2D eigenvalue weighted by molar-refractivity contribution is -0.118. The van der Waals surface area contributed by atoms with Gasteiger partial charge in [0.05, 0.1) is 12.2 Å². The zero-order chi connectivity index (χ0) is 19.0. The summed E-state index contributed by atoms with van der Waals surface area (Å²) >= 11 is 1.53. The van der Waals surface area contributed by atoms with E-state index >= 15 is 0 Å². The van der Waals surface area contributed by atoms with Crippen LogP contribution in [0.15, 0.2) is 18.2 Å². The van der Waals surface area contributed by atoms with Crippen LogP contribution in [0.2, 0.25) is 0 Å². The molecule has 4 rings (SSSR count). The minimum Gasteiger partial charge on any atom is -0.325 e. The summed E-state index contributed by atoms with van der Waals surface area (Å²) < 4.78 is 0. The van der Waals surface area contributed by atoms with Crippen molar-refractivity contribution < 1.29 is 9.59 Å². The summed E-state index contributed by atoms with van der Waals surface area (Å²) in [5, 5.41) is 6.62. The van der Waals surface area contributed by atoms with Gasteiger partial charge in [0.2, 0.25) is 11.8 Å². The summed E-state index contributed by atoms with van der Waals surface area (Å²) in [7, 11) is 0. The average molecular weight is 385 g/mol. The Hall–Kier alpha value is -2.25. The first-order valence-corrected chi connectivity index (χ1v) is 10.2. The molecule has 0 saturated heterocycles. The summed E-state index contributed by atoms with van der Waals surface area (Å²) in [4.78, 5) is 32.2. The summed E-state index contributed by atoms with van der Waals surface area (Å²) in [6, 6.07) is 6.06. The van der Waals surface area contributed by atoms with E-state index in [0.29, 0.717) is 18.2 Å². The maximum Gasteiger partial charge on any atom is 0.238 e. The largest absolute Gasteiger partial charge is 0.325 e. The summed E-state index contributed by atoms with van der Waals surface area (Å²) in [6.07, 6.45) is 2.78. The Kier molecular flexibility index (Phi) is 4.97. The molecule has 0 spiro atoms. The first-order chi connectivity index (χ1) is 13.0. The molecule has 6 nitrogen and oxygen atoms in total. The van der Waals surface area contributed by atoms with Crippen LogP contribution in [0.5, 0.6) is 0 Å². The molecule has 27 heavy (non-hydrogen) atoms. The molecule has 142 valence electrons. The molecule has 1 aromatic heterocycles. The molecule has 0 radical (unpaired) electrons. The van der Waals surface area contributed by atoms with Crippen molar-refractivity contribution >= 4 is 34.0 Å². The number of aromatic nitrogens is 1. The Labute approximate surface area is 163 Å². The predicted molar refractivity (Wildman–Crippen MR) is 107 cm³/mol. The van der Waals surface area contributed by atoms with Crippen molar-refractivity contribution in [1.29, 1.82) is 0 Å². The van der Waals surface area contributed by atoms with Crippen LogP contribution in [0, 0.1) is 19.8 Å². The van der Waals surface area contributed by atoms with Crippen molar-refractivity contribution in [3.8, 4) is 0 Å². The van der Waals surface area contributed by atoms with Gasteiger partial charge in [0.1, 0.15) is 0 Å². The van der Waals surface area contributed by atoms with Crippen LogP contribution < -0.4 is 10.6 Å². The first-order valence-electron chi connectivity index (χ1n) is 9.36. The van der Waals surface area contributed by atoms with Crippen molar-refractivity contribution in [3.63, 3.8) is 0 Å². The van der Waals surface area contributed by atoms with E-state index in [1.54, 1.807) is 0 Å². The average Bonchev–Trinajstić information content (AvgIpc) is 3.35. The molecule has 1 fully saturated rings. The molecule has 1 aliphatic heterocycles. The quantitative estimate of drug-likeness (QED) is 0.831. The lowest BCUT2D eigenvalue weighted by Gasteiger charge is -2.25. The highest BCUT2D eigenvalue weighted by Gasteiger charge is 2.31. The van der Waals surface area contributed by atoms with Gasteiger partial charge in [-0.05, 0) is 49.9 Å². The lowest BCUT2D eigenvalue weighted by atomic mass is 10.1. The van der Waals surface area contributed by atoms with E-state index in [1.165, 1.54) is 11.3 Å². The topological polar surface area (TPSA) is 74.3 Å². The number of hydrogen-bond donors (Lipinski definition) is 2. The van der Waals surface area contributed by atoms with E-state index in [-0.39, 0.29) is 17.7 Å². The Morgan fingerprint density at radius 3 is 2.63 bits per heavy atom. The Morgan fingerprint density at radius 2 is 1.93 bits per heavy atom. The van der Waals surface area contributed by atoms with Gasteiger partial charge in [0.25, 0.3) is 0 Å². The number of nitrogens with zero attached hydrogens (tertiary/aromatic N) is 2. The maximum absolute atomic E-state index is 12.4. The van der Waals surface area contributed by atoms with E-state index in [2.05, 4.69) is 26.6 Å². The lowest BCUT2D eigenvalue weighted by Crippen LogP contribution is -2.36. The smallest absolute Gasteiger partial charge is 0.238 e. The zero-order valence-electron chi connectivity index (χ0n) is 15.7. The fraction of sp³-hybridized carbons (Fsp3) is 0.450. The molecular formula is C20H24N4O2S. The van der Waals surface area contributed by atoms with Gasteiger partial charge in [-0.15, -0.1) is 11.3 Å². The molecule has 1 aromatic carbocycles. The number of fused-ring (bicyclic) bond motifs is 1. The van der Waals surface area contributed by atoms with Gasteiger partial charge in [0.15, 0.2) is 5.13 Å². The highest BCUT2D eigenvalue weighted by Crippen LogP contribution is 2.32. The Bertz CT molecular complexity index is 868. The van der Waals surface area contributed by atoms with Gasteiger partial charge in [-0.3, -0.25) is 14.5 Å². The van der Waals surface area contributed by atoms with Crippen LogP contribution in [-0.4, -0.2) is 34.8 Å². The number of rotatable bonds is 5. The monoisotopic (exact) mass is 384 g/mol. The SMILES string of the molecule is Cc1cc(C)cc(NC(=O)CN2CCc3nc(NC(=O)C4CC4)sc3C2)c1. The number of carbonyl (C=O) groups is 2.